The van der Waals surface area contributed by atoms with Crippen molar-refractivity contribution in [2.45, 2.75) is 25.8 Å². The molecule has 0 atom stereocenters. The lowest BCUT2D eigenvalue weighted by atomic mass is 9.77. The van der Waals surface area contributed by atoms with Crippen molar-refractivity contribution < 1.29 is 0 Å². The van der Waals surface area contributed by atoms with E-state index < -0.39 is 0 Å². The maximum Gasteiger partial charge on any atom is 0.190 e. The highest BCUT2D eigenvalue weighted by molar-refractivity contribution is 5.78. The molecule has 0 bridgehead atoms. The van der Waals surface area contributed by atoms with Gasteiger partial charge in [0.25, 0.3) is 0 Å². The quantitative estimate of drug-likeness (QED) is 0.667. The number of aliphatic imine (C=N–C) groups is 1. The van der Waals surface area contributed by atoms with Crippen LogP contribution in [0.1, 0.15) is 24.8 Å². The Bertz CT molecular complexity index is 489. The third kappa shape index (κ3) is 3.21. The van der Waals surface area contributed by atoms with Gasteiger partial charge in [0.15, 0.2) is 5.96 Å². The Balaban J connectivity index is 1.54. The molecule has 2 saturated heterocycles. The third-order valence-corrected chi connectivity index (χ3v) is 5.16. The van der Waals surface area contributed by atoms with E-state index in [4.69, 9.17) is 5.73 Å². The molecule has 2 heterocycles. The van der Waals surface area contributed by atoms with Crippen LogP contribution in [0.15, 0.2) is 35.3 Å². The summed E-state index contributed by atoms with van der Waals surface area (Å²) in [6.07, 6.45) is 3.84. The van der Waals surface area contributed by atoms with Crippen molar-refractivity contribution in [2.75, 3.05) is 33.2 Å². The van der Waals surface area contributed by atoms with E-state index in [-0.39, 0.29) is 0 Å². The number of nitrogens with zero attached hydrogens (tertiary/aromatic N) is 3. The number of hydrogen-bond acceptors (Lipinski definition) is 2. The first kappa shape index (κ1) is 14.4. The van der Waals surface area contributed by atoms with Crippen LogP contribution in [0, 0.1) is 5.41 Å². The number of benzene rings is 1. The number of guanidine groups is 1. The van der Waals surface area contributed by atoms with Crippen LogP contribution in [-0.2, 0) is 6.54 Å². The summed E-state index contributed by atoms with van der Waals surface area (Å²) >= 11 is 0. The van der Waals surface area contributed by atoms with Crippen molar-refractivity contribution in [3.63, 3.8) is 0 Å². The van der Waals surface area contributed by atoms with Crippen LogP contribution >= 0.6 is 0 Å². The molecular weight excluding hydrogens is 260 g/mol. The predicted octanol–water partition coefficient (Wildman–Crippen LogP) is 1.92. The second-order valence-electron chi connectivity index (χ2n) is 6.52. The fraction of sp³-hybridized carbons (Fsp3) is 0.588. The normalized spacial score (nSPS) is 22.9. The Kier molecular flexibility index (Phi) is 4.15. The third-order valence-electron chi connectivity index (χ3n) is 5.16. The molecule has 4 nitrogen and oxygen atoms in total. The van der Waals surface area contributed by atoms with Gasteiger partial charge in [-0.2, -0.15) is 0 Å². The molecule has 2 N–H and O–H groups in total. The van der Waals surface area contributed by atoms with Gasteiger partial charge in [0, 0.05) is 26.7 Å². The van der Waals surface area contributed by atoms with E-state index in [9.17, 15) is 0 Å². The molecule has 1 spiro atoms. The Morgan fingerprint density at radius 2 is 1.81 bits per heavy atom. The van der Waals surface area contributed by atoms with Crippen LogP contribution in [0.25, 0.3) is 0 Å². The van der Waals surface area contributed by atoms with Gasteiger partial charge >= 0.3 is 0 Å². The summed E-state index contributed by atoms with van der Waals surface area (Å²) in [7, 11) is 1.78. The molecular formula is C17H26N4. The second kappa shape index (κ2) is 6.06. The maximum absolute atomic E-state index is 5.96. The molecule has 0 saturated carbocycles. The number of hydrogen-bond donors (Lipinski definition) is 1. The van der Waals surface area contributed by atoms with Crippen molar-refractivity contribution >= 4 is 5.96 Å². The van der Waals surface area contributed by atoms with E-state index in [2.05, 4.69) is 45.1 Å². The summed E-state index contributed by atoms with van der Waals surface area (Å²) in [5.41, 5.74) is 7.86. The van der Waals surface area contributed by atoms with Gasteiger partial charge < -0.3 is 10.6 Å². The zero-order chi connectivity index (χ0) is 14.7. The van der Waals surface area contributed by atoms with E-state index in [0.29, 0.717) is 11.4 Å². The van der Waals surface area contributed by atoms with Crippen molar-refractivity contribution in [1.29, 1.82) is 0 Å². The maximum atomic E-state index is 5.96. The standard InChI is InChI=1S/C17H26N4/c1-19-16(18)21-12-9-17(14-21)7-10-20(11-8-17)13-15-5-3-2-4-6-15/h2-6H,7-14H2,1H3,(H2,18,19). The molecule has 0 radical (unpaired) electrons. The molecule has 2 aliphatic rings. The first-order valence-corrected chi connectivity index (χ1v) is 7.94. The molecule has 2 aliphatic heterocycles. The van der Waals surface area contributed by atoms with Crippen LogP contribution in [-0.4, -0.2) is 49.0 Å². The molecule has 0 amide bonds. The summed E-state index contributed by atoms with van der Waals surface area (Å²) in [6, 6.07) is 10.8. The Labute approximate surface area is 127 Å². The molecule has 2 fully saturated rings. The number of piperidine rings is 1. The second-order valence-corrected chi connectivity index (χ2v) is 6.52. The molecule has 1 aromatic rings. The monoisotopic (exact) mass is 286 g/mol. The topological polar surface area (TPSA) is 44.9 Å². The van der Waals surface area contributed by atoms with Gasteiger partial charge in [-0.3, -0.25) is 9.89 Å². The summed E-state index contributed by atoms with van der Waals surface area (Å²) in [4.78, 5) is 8.97. The van der Waals surface area contributed by atoms with Gasteiger partial charge in [0.2, 0.25) is 0 Å². The Hall–Kier alpha value is -1.55. The molecule has 0 unspecified atom stereocenters. The molecule has 114 valence electrons. The fourth-order valence-electron chi connectivity index (χ4n) is 3.71. The zero-order valence-corrected chi connectivity index (χ0v) is 13.0. The Morgan fingerprint density at radius 1 is 1.14 bits per heavy atom. The van der Waals surface area contributed by atoms with Gasteiger partial charge in [-0.1, -0.05) is 30.3 Å². The van der Waals surface area contributed by atoms with Crippen molar-refractivity contribution in [3.05, 3.63) is 35.9 Å². The van der Waals surface area contributed by atoms with Gasteiger partial charge in [0.05, 0.1) is 0 Å². The van der Waals surface area contributed by atoms with Crippen molar-refractivity contribution in [1.82, 2.24) is 9.80 Å². The first-order chi connectivity index (χ1) is 10.2. The van der Waals surface area contributed by atoms with Crippen LogP contribution in [0.4, 0.5) is 0 Å². The fourth-order valence-corrected chi connectivity index (χ4v) is 3.71. The molecule has 1 aromatic carbocycles. The van der Waals surface area contributed by atoms with E-state index in [0.717, 1.165) is 19.6 Å². The number of likely N-dealkylation sites (tertiary alicyclic amines) is 2. The highest BCUT2D eigenvalue weighted by atomic mass is 15.3. The average Bonchev–Trinajstić information content (AvgIpc) is 2.94. The summed E-state index contributed by atoms with van der Waals surface area (Å²) < 4.78 is 0. The molecule has 4 heteroatoms. The van der Waals surface area contributed by atoms with Gasteiger partial charge in [-0.15, -0.1) is 0 Å². The Morgan fingerprint density at radius 3 is 2.48 bits per heavy atom. The minimum Gasteiger partial charge on any atom is -0.370 e. The first-order valence-electron chi connectivity index (χ1n) is 7.94. The number of nitrogens with two attached hydrogens (primary N) is 1. The van der Waals surface area contributed by atoms with Crippen LogP contribution in [0.5, 0.6) is 0 Å². The highest BCUT2D eigenvalue weighted by Gasteiger charge is 2.40. The zero-order valence-electron chi connectivity index (χ0n) is 13.0. The summed E-state index contributed by atoms with van der Waals surface area (Å²) in [6.45, 7) is 5.65. The van der Waals surface area contributed by atoms with Crippen LogP contribution in [0.2, 0.25) is 0 Å². The minimum atomic E-state index is 0.475. The highest BCUT2D eigenvalue weighted by Crippen LogP contribution is 2.40. The smallest absolute Gasteiger partial charge is 0.190 e. The van der Waals surface area contributed by atoms with Gasteiger partial charge in [0.1, 0.15) is 0 Å². The summed E-state index contributed by atoms with van der Waals surface area (Å²) in [5, 5.41) is 0. The summed E-state index contributed by atoms with van der Waals surface area (Å²) in [5.74, 6) is 0.707. The van der Waals surface area contributed by atoms with Crippen molar-refractivity contribution in [2.24, 2.45) is 16.1 Å². The SMILES string of the molecule is CN=C(N)N1CCC2(CCN(Cc3ccccc3)CC2)C1. The minimum absolute atomic E-state index is 0.475. The number of rotatable bonds is 2. The average molecular weight is 286 g/mol. The van der Waals surface area contributed by atoms with Gasteiger partial charge in [-0.25, -0.2) is 0 Å². The van der Waals surface area contributed by atoms with Crippen molar-refractivity contribution in [3.8, 4) is 0 Å². The van der Waals surface area contributed by atoms with E-state index in [1.165, 1.54) is 37.9 Å². The molecule has 21 heavy (non-hydrogen) atoms. The van der Waals surface area contributed by atoms with Crippen LogP contribution < -0.4 is 5.73 Å². The van der Waals surface area contributed by atoms with E-state index in [1.807, 2.05) is 0 Å². The predicted molar refractivity (Wildman–Crippen MR) is 87.1 cm³/mol. The molecule has 0 aliphatic carbocycles. The largest absolute Gasteiger partial charge is 0.370 e. The lowest BCUT2D eigenvalue weighted by molar-refractivity contribution is 0.108. The molecule has 0 aromatic heterocycles. The van der Waals surface area contributed by atoms with Crippen LogP contribution in [0.3, 0.4) is 0 Å². The van der Waals surface area contributed by atoms with E-state index in [1.54, 1.807) is 7.05 Å². The lowest BCUT2D eigenvalue weighted by Gasteiger charge is -2.39. The van der Waals surface area contributed by atoms with Gasteiger partial charge in [-0.05, 0) is 43.3 Å². The van der Waals surface area contributed by atoms with E-state index >= 15 is 0 Å². The lowest BCUT2D eigenvalue weighted by Crippen LogP contribution is -2.43. The molecule has 3 rings (SSSR count).